The smallest absolute Gasteiger partial charge is 0.273 e. The number of nitro benzene ring substituents is 1. The molecule has 2 rings (SSSR count). The van der Waals surface area contributed by atoms with Gasteiger partial charge in [-0.15, -0.1) is 0 Å². The van der Waals surface area contributed by atoms with E-state index in [9.17, 15) is 14.9 Å². The molecule has 0 aliphatic heterocycles. The average Bonchev–Trinajstić information content (AvgIpc) is 2.42. The predicted octanol–water partition coefficient (Wildman–Crippen LogP) is 4.09. The fraction of sp³-hybridized carbons (Fsp3) is 0.133. The first-order valence-electron chi connectivity index (χ1n) is 6.01. The van der Waals surface area contributed by atoms with Crippen LogP contribution in [0.5, 0.6) is 0 Å². The van der Waals surface area contributed by atoms with Crippen LogP contribution < -0.4 is 0 Å². The second-order valence-corrected chi connectivity index (χ2v) is 5.25. The Morgan fingerprint density at radius 2 is 1.90 bits per heavy atom. The zero-order valence-electron chi connectivity index (χ0n) is 10.8. The molecule has 0 radical (unpaired) electrons. The summed E-state index contributed by atoms with van der Waals surface area (Å²) < 4.78 is 0.853. The SMILES string of the molecule is Cc1c(Br)cccc1C(=O)Cc1ccccc1[N+](=O)[O-]. The molecule has 0 bridgehead atoms. The second-order valence-electron chi connectivity index (χ2n) is 4.40. The Labute approximate surface area is 124 Å². The van der Waals surface area contributed by atoms with Gasteiger partial charge in [-0.3, -0.25) is 14.9 Å². The molecule has 5 heteroatoms. The minimum absolute atomic E-state index is 0.0199. The highest BCUT2D eigenvalue weighted by molar-refractivity contribution is 9.10. The number of ketones is 1. The lowest BCUT2D eigenvalue weighted by Gasteiger charge is -2.07. The van der Waals surface area contributed by atoms with Crippen LogP contribution in [0, 0.1) is 17.0 Å². The van der Waals surface area contributed by atoms with E-state index in [1.54, 1.807) is 30.3 Å². The molecular formula is C15H12BrNO3. The van der Waals surface area contributed by atoms with E-state index in [2.05, 4.69) is 15.9 Å². The monoisotopic (exact) mass is 333 g/mol. The van der Waals surface area contributed by atoms with E-state index in [-0.39, 0.29) is 17.9 Å². The second kappa shape index (κ2) is 5.96. The molecular weight excluding hydrogens is 322 g/mol. The van der Waals surface area contributed by atoms with E-state index < -0.39 is 4.92 Å². The van der Waals surface area contributed by atoms with Crippen molar-refractivity contribution in [3.8, 4) is 0 Å². The van der Waals surface area contributed by atoms with Crippen molar-refractivity contribution in [1.82, 2.24) is 0 Å². The Hall–Kier alpha value is -2.01. The van der Waals surface area contributed by atoms with Crippen LogP contribution in [0.4, 0.5) is 5.69 Å². The number of rotatable bonds is 4. The molecule has 0 unspecified atom stereocenters. The molecule has 0 aliphatic rings. The van der Waals surface area contributed by atoms with Gasteiger partial charge in [-0.05, 0) is 18.6 Å². The molecule has 2 aromatic carbocycles. The summed E-state index contributed by atoms with van der Waals surface area (Å²) in [7, 11) is 0. The molecule has 0 aliphatic carbocycles. The number of carbonyl (C=O) groups excluding carboxylic acids is 1. The lowest BCUT2D eigenvalue weighted by Crippen LogP contribution is -2.07. The summed E-state index contributed by atoms with van der Waals surface area (Å²) in [5.74, 6) is -0.127. The van der Waals surface area contributed by atoms with E-state index in [0.29, 0.717) is 11.1 Å². The van der Waals surface area contributed by atoms with Gasteiger partial charge in [0.2, 0.25) is 0 Å². The van der Waals surface area contributed by atoms with E-state index in [4.69, 9.17) is 0 Å². The molecule has 20 heavy (non-hydrogen) atoms. The van der Waals surface area contributed by atoms with Gasteiger partial charge < -0.3 is 0 Å². The van der Waals surface area contributed by atoms with Crippen molar-refractivity contribution in [2.45, 2.75) is 13.3 Å². The zero-order chi connectivity index (χ0) is 14.7. The summed E-state index contributed by atoms with van der Waals surface area (Å²) in [4.78, 5) is 22.8. The van der Waals surface area contributed by atoms with Gasteiger partial charge in [0.1, 0.15) is 0 Å². The fourth-order valence-corrected chi connectivity index (χ4v) is 2.38. The van der Waals surface area contributed by atoms with Gasteiger partial charge >= 0.3 is 0 Å². The predicted molar refractivity (Wildman–Crippen MR) is 80.0 cm³/mol. The third kappa shape index (κ3) is 2.93. The normalized spacial score (nSPS) is 10.3. The number of hydrogen-bond acceptors (Lipinski definition) is 3. The molecule has 0 aromatic heterocycles. The molecule has 2 aromatic rings. The highest BCUT2D eigenvalue weighted by Gasteiger charge is 2.18. The molecule has 0 saturated carbocycles. The molecule has 0 spiro atoms. The van der Waals surface area contributed by atoms with Gasteiger partial charge in [0.05, 0.1) is 4.92 Å². The highest BCUT2D eigenvalue weighted by Crippen LogP contribution is 2.23. The van der Waals surface area contributed by atoms with Crippen LogP contribution in [-0.4, -0.2) is 10.7 Å². The van der Waals surface area contributed by atoms with Crippen LogP contribution in [0.1, 0.15) is 21.5 Å². The average molecular weight is 334 g/mol. The number of benzene rings is 2. The van der Waals surface area contributed by atoms with Crippen LogP contribution in [0.3, 0.4) is 0 Å². The van der Waals surface area contributed by atoms with Crippen LogP contribution in [0.15, 0.2) is 46.9 Å². The van der Waals surface area contributed by atoms with E-state index >= 15 is 0 Å². The molecule has 0 amide bonds. The van der Waals surface area contributed by atoms with Crippen LogP contribution >= 0.6 is 15.9 Å². The number of Topliss-reactive ketones (excluding diaryl/α,β-unsaturated/α-hetero) is 1. The third-order valence-corrected chi connectivity index (χ3v) is 3.97. The molecule has 0 fully saturated rings. The third-order valence-electron chi connectivity index (χ3n) is 3.11. The van der Waals surface area contributed by atoms with Crippen molar-refractivity contribution in [2.24, 2.45) is 0 Å². The van der Waals surface area contributed by atoms with Crippen molar-refractivity contribution in [2.75, 3.05) is 0 Å². The Balaban J connectivity index is 2.33. The van der Waals surface area contributed by atoms with Crippen molar-refractivity contribution < 1.29 is 9.72 Å². The number of nitrogens with zero attached hydrogens (tertiary/aromatic N) is 1. The summed E-state index contributed by atoms with van der Waals surface area (Å²) in [5.41, 5.74) is 1.84. The fourth-order valence-electron chi connectivity index (χ4n) is 2.02. The number of nitro groups is 1. The van der Waals surface area contributed by atoms with Crippen molar-refractivity contribution in [1.29, 1.82) is 0 Å². The number of halogens is 1. The minimum atomic E-state index is -0.462. The Morgan fingerprint density at radius 1 is 1.20 bits per heavy atom. The van der Waals surface area contributed by atoms with Crippen LogP contribution in [-0.2, 0) is 6.42 Å². The molecule has 0 heterocycles. The van der Waals surface area contributed by atoms with Gasteiger partial charge in [0, 0.05) is 28.1 Å². The summed E-state index contributed by atoms with van der Waals surface area (Å²) in [6.45, 7) is 1.84. The van der Waals surface area contributed by atoms with Gasteiger partial charge in [0.25, 0.3) is 5.69 Å². The maximum Gasteiger partial charge on any atom is 0.273 e. The molecule has 0 saturated heterocycles. The quantitative estimate of drug-likeness (QED) is 0.481. The summed E-state index contributed by atoms with van der Waals surface area (Å²) >= 11 is 3.38. The van der Waals surface area contributed by atoms with Crippen molar-refractivity contribution in [3.05, 3.63) is 73.7 Å². The summed E-state index contributed by atoms with van der Waals surface area (Å²) in [6.07, 6.45) is 0.0223. The van der Waals surface area contributed by atoms with Gasteiger partial charge in [-0.2, -0.15) is 0 Å². The lowest BCUT2D eigenvalue weighted by atomic mass is 9.98. The number of para-hydroxylation sites is 1. The van der Waals surface area contributed by atoms with E-state index in [1.165, 1.54) is 6.07 Å². The molecule has 0 atom stereocenters. The first-order valence-corrected chi connectivity index (χ1v) is 6.80. The van der Waals surface area contributed by atoms with Gasteiger partial charge in [-0.25, -0.2) is 0 Å². The standard InChI is InChI=1S/C15H12BrNO3/c1-10-12(6-4-7-13(10)16)15(18)9-11-5-2-3-8-14(11)17(19)20/h2-8H,9H2,1H3. The summed E-state index contributed by atoms with van der Waals surface area (Å²) in [6, 6.07) is 11.7. The van der Waals surface area contributed by atoms with Crippen molar-refractivity contribution >= 4 is 27.4 Å². The Bertz CT molecular complexity index is 683. The maximum atomic E-state index is 12.3. The first kappa shape index (κ1) is 14.4. The van der Waals surface area contributed by atoms with Crippen molar-refractivity contribution in [3.63, 3.8) is 0 Å². The van der Waals surface area contributed by atoms with E-state index in [0.717, 1.165) is 10.0 Å². The first-order chi connectivity index (χ1) is 9.50. The van der Waals surface area contributed by atoms with Crippen LogP contribution in [0.2, 0.25) is 0 Å². The topological polar surface area (TPSA) is 60.2 Å². The van der Waals surface area contributed by atoms with E-state index in [1.807, 2.05) is 13.0 Å². The zero-order valence-corrected chi connectivity index (χ0v) is 12.4. The van der Waals surface area contributed by atoms with Gasteiger partial charge in [0.15, 0.2) is 5.78 Å². The molecule has 0 N–H and O–H groups in total. The summed E-state index contributed by atoms with van der Waals surface area (Å²) in [5, 5.41) is 10.9. The highest BCUT2D eigenvalue weighted by atomic mass is 79.9. The molecule has 102 valence electrons. The molecule has 4 nitrogen and oxygen atoms in total. The Kier molecular flexibility index (Phi) is 4.29. The van der Waals surface area contributed by atoms with Gasteiger partial charge in [-0.1, -0.05) is 46.3 Å². The van der Waals surface area contributed by atoms with Crippen LogP contribution in [0.25, 0.3) is 0 Å². The Morgan fingerprint density at radius 3 is 2.60 bits per heavy atom. The number of carbonyl (C=O) groups is 1. The largest absolute Gasteiger partial charge is 0.294 e. The minimum Gasteiger partial charge on any atom is -0.294 e. The lowest BCUT2D eigenvalue weighted by molar-refractivity contribution is -0.385. The maximum absolute atomic E-state index is 12.3. The number of hydrogen-bond donors (Lipinski definition) is 0.